The first-order chi connectivity index (χ1) is 19.8. The van der Waals surface area contributed by atoms with Crippen LogP contribution in [0.1, 0.15) is 31.5 Å². The number of amides is 1. The van der Waals surface area contributed by atoms with Gasteiger partial charge >= 0.3 is 0 Å². The number of aromatic nitrogens is 1. The average Bonchev–Trinajstić information content (AvgIpc) is 3.37. The highest BCUT2D eigenvalue weighted by molar-refractivity contribution is 6.25. The van der Waals surface area contributed by atoms with Crippen LogP contribution in [-0.2, 0) is 11.3 Å². The molecule has 3 heterocycles. The van der Waals surface area contributed by atoms with Gasteiger partial charge in [0.05, 0.1) is 0 Å². The number of benzene rings is 2. The van der Waals surface area contributed by atoms with Crippen molar-refractivity contribution in [1.82, 2.24) is 20.1 Å². The fraction of sp³-hybridized carbons (Fsp3) is 0.375. The van der Waals surface area contributed by atoms with Crippen molar-refractivity contribution in [1.29, 1.82) is 0 Å². The first-order valence-electron chi connectivity index (χ1n) is 14.3. The molecule has 5 rings (SSSR count). The van der Waals surface area contributed by atoms with Gasteiger partial charge in [0.1, 0.15) is 17.2 Å². The van der Waals surface area contributed by atoms with Crippen LogP contribution >= 0.6 is 0 Å². The number of fused-ring (bicyclic) bond motifs is 1. The van der Waals surface area contributed by atoms with Crippen LogP contribution in [0, 0.1) is 18.7 Å². The minimum absolute atomic E-state index is 0.0731. The number of hydrogen-bond donors (Lipinski definition) is 3. The van der Waals surface area contributed by atoms with Crippen LogP contribution < -0.4 is 15.4 Å². The third-order valence-electron chi connectivity index (χ3n) is 7.65. The van der Waals surface area contributed by atoms with Gasteiger partial charge in [0.25, 0.3) is 5.91 Å². The van der Waals surface area contributed by atoms with E-state index in [1.165, 1.54) is 5.56 Å². The van der Waals surface area contributed by atoms with E-state index >= 15 is 4.39 Å². The Kier molecular flexibility index (Phi) is 8.85. The molecule has 2 aliphatic rings. The first kappa shape index (κ1) is 28.6. The predicted molar refractivity (Wildman–Crippen MR) is 163 cm³/mol. The number of nitrogens with one attached hydrogen (secondary N) is 3. The number of aromatic amines is 1. The molecule has 0 saturated carbocycles. The predicted octanol–water partition coefficient (Wildman–Crippen LogP) is 5.20. The molecule has 1 aromatic heterocycles. The monoisotopic (exact) mass is 558 g/mol. The molecule has 1 fully saturated rings. The van der Waals surface area contributed by atoms with Crippen molar-refractivity contribution < 1.29 is 13.9 Å². The number of carbonyl (C=O) groups is 1. The van der Waals surface area contributed by atoms with Crippen LogP contribution in [-0.4, -0.2) is 66.3 Å². The zero-order valence-electron chi connectivity index (χ0n) is 24.3. The molecule has 41 heavy (non-hydrogen) atoms. The van der Waals surface area contributed by atoms with Gasteiger partial charge in [0.15, 0.2) is 11.6 Å². The molecule has 2 aliphatic heterocycles. The van der Waals surface area contributed by atoms with Crippen molar-refractivity contribution in [2.45, 2.75) is 33.7 Å². The van der Waals surface area contributed by atoms with Gasteiger partial charge in [-0.2, -0.15) is 0 Å². The minimum Gasteiger partial charge on any atom is -0.457 e. The van der Waals surface area contributed by atoms with Crippen LogP contribution in [0.5, 0.6) is 5.75 Å². The maximum atomic E-state index is 15.6. The summed E-state index contributed by atoms with van der Waals surface area (Å²) in [6.45, 7) is 11.2. The number of allylic oxidation sites excluding steroid dienone is 2. The van der Waals surface area contributed by atoms with E-state index in [4.69, 9.17) is 4.74 Å². The summed E-state index contributed by atoms with van der Waals surface area (Å²) in [7, 11) is 1.74. The van der Waals surface area contributed by atoms with Crippen LogP contribution in [0.3, 0.4) is 0 Å². The molecule has 216 valence electrons. The minimum atomic E-state index is -0.466. The third-order valence-corrected chi connectivity index (χ3v) is 7.65. The number of piperazine rings is 1. The summed E-state index contributed by atoms with van der Waals surface area (Å²) in [5.41, 5.74) is 3.87. The second-order valence-electron chi connectivity index (χ2n) is 10.8. The van der Waals surface area contributed by atoms with Gasteiger partial charge in [-0.25, -0.2) is 9.38 Å². The number of aliphatic imine (C=N–C) groups is 1. The molecule has 1 saturated heterocycles. The highest BCUT2D eigenvalue weighted by atomic mass is 19.1. The second kappa shape index (κ2) is 12.7. The second-order valence-corrected chi connectivity index (χ2v) is 10.8. The maximum absolute atomic E-state index is 15.6. The summed E-state index contributed by atoms with van der Waals surface area (Å²) >= 11 is 0. The standard InChI is InChI=1S/C32H39FN6O2/c1-5-38(4)32(40)28-30(41-27-13-12-26-25(29(27)33)19-22(3)36-26)21(2)7-6-14-35-31(28)37-24-10-8-23(9-11-24)20-39-17-15-34-16-18-39/h6,8-14,19,21,34,36H,5,7,15-18,20H2,1-4H3,(H,35,37)/b14-6+,30-28?. The molecule has 1 unspecified atom stereocenters. The smallest absolute Gasteiger partial charge is 0.260 e. The molecule has 3 N–H and O–H groups in total. The zero-order valence-corrected chi connectivity index (χ0v) is 24.3. The SMILES string of the molecule is CCN(C)C(=O)C1=C(Oc2ccc3[nH]c(C)cc3c2F)C(C)C/C=C/N=C1Nc1ccc(CN2CCNCC2)cc1. The molecule has 0 spiro atoms. The number of amidine groups is 1. The zero-order chi connectivity index (χ0) is 28.9. The Hall–Kier alpha value is -3.95. The first-order valence-corrected chi connectivity index (χ1v) is 14.3. The number of carbonyl (C=O) groups excluding carboxylic acids is 1. The van der Waals surface area contributed by atoms with Gasteiger partial charge in [-0.1, -0.05) is 25.1 Å². The Balaban J connectivity index is 1.50. The van der Waals surface area contributed by atoms with Crippen molar-refractivity contribution in [3.63, 3.8) is 0 Å². The van der Waals surface area contributed by atoms with Crippen molar-refractivity contribution in [3.05, 3.63) is 83.1 Å². The summed E-state index contributed by atoms with van der Waals surface area (Å²) in [6, 6.07) is 13.3. The van der Waals surface area contributed by atoms with E-state index in [9.17, 15) is 4.79 Å². The van der Waals surface area contributed by atoms with E-state index in [-0.39, 0.29) is 17.6 Å². The summed E-state index contributed by atoms with van der Waals surface area (Å²) < 4.78 is 21.9. The number of halogens is 1. The summed E-state index contributed by atoms with van der Waals surface area (Å²) in [6.07, 6.45) is 4.24. The highest BCUT2D eigenvalue weighted by Crippen LogP contribution is 2.32. The van der Waals surface area contributed by atoms with Gasteiger partial charge in [-0.05, 0) is 56.2 Å². The lowest BCUT2D eigenvalue weighted by Gasteiger charge is -2.27. The number of nitrogens with zero attached hydrogens (tertiary/aromatic N) is 3. The van der Waals surface area contributed by atoms with Crippen molar-refractivity contribution in [2.75, 3.05) is 45.1 Å². The molecule has 0 bridgehead atoms. The lowest BCUT2D eigenvalue weighted by Crippen LogP contribution is -2.42. The van der Waals surface area contributed by atoms with Gasteiger partial charge in [-0.15, -0.1) is 0 Å². The van der Waals surface area contributed by atoms with E-state index in [0.717, 1.165) is 44.1 Å². The van der Waals surface area contributed by atoms with Gasteiger partial charge in [-0.3, -0.25) is 9.69 Å². The molecular weight excluding hydrogens is 519 g/mol. The van der Waals surface area contributed by atoms with Crippen LogP contribution in [0.4, 0.5) is 10.1 Å². The molecule has 1 amide bonds. The molecule has 1 atom stereocenters. The quantitative estimate of drug-likeness (QED) is 0.372. The van der Waals surface area contributed by atoms with E-state index in [1.54, 1.807) is 36.3 Å². The number of aryl methyl sites for hydroxylation is 1. The number of rotatable bonds is 7. The van der Waals surface area contributed by atoms with Crippen LogP contribution in [0.15, 0.2) is 71.1 Å². The van der Waals surface area contributed by atoms with E-state index in [2.05, 4.69) is 37.6 Å². The van der Waals surface area contributed by atoms with Crippen LogP contribution in [0.2, 0.25) is 0 Å². The van der Waals surface area contributed by atoms with E-state index in [1.807, 2.05) is 39.0 Å². The number of ether oxygens (including phenoxy) is 1. The molecule has 8 nitrogen and oxygen atoms in total. The van der Waals surface area contributed by atoms with E-state index in [0.29, 0.717) is 41.0 Å². The molecule has 0 aliphatic carbocycles. The molecular formula is C32H39FN6O2. The third kappa shape index (κ3) is 6.52. The van der Waals surface area contributed by atoms with Crippen LogP contribution in [0.25, 0.3) is 10.9 Å². The fourth-order valence-corrected chi connectivity index (χ4v) is 5.16. The van der Waals surface area contributed by atoms with Gasteiger partial charge in [0, 0.05) is 80.7 Å². The largest absolute Gasteiger partial charge is 0.457 e. The molecule has 0 radical (unpaired) electrons. The topological polar surface area (TPSA) is 85.0 Å². The number of likely N-dealkylation sites (N-methyl/N-ethyl adjacent to an activating group) is 1. The number of anilines is 1. The lowest BCUT2D eigenvalue weighted by molar-refractivity contribution is -0.125. The van der Waals surface area contributed by atoms with Crippen molar-refractivity contribution in [3.8, 4) is 5.75 Å². The Morgan fingerprint density at radius 3 is 2.68 bits per heavy atom. The van der Waals surface area contributed by atoms with E-state index < -0.39 is 5.82 Å². The Morgan fingerprint density at radius 2 is 1.95 bits per heavy atom. The Bertz CT molecular complexity index is 1480. The molecule has 3 aromatic rings. The molecule has 9 heteroatoms. The summed E-state index contributed by atoms with van der Waals surface area (Å²) in [4.78, 5) is 25.7. The molecule has 2 aromatic carbocycles. The van der Waals surface area contributed by atoms with Crippen molar-refractivity contribution in [2.24, 2.45) is 10.9 Å². The fourth-order valence-electron chi connectivity index (χ4n) is 5.16. The average molecular weight is 559 g/mol. The normalized spacial score (nSPS) is 19.0. The van der Waals surface area contributed by atoms with Gasteiger partial charge < -0.3 is 25.3 Å². The summed E-state index contributed by atoms with van der Waals surface area (Å²) in [5, 5.41) is 7.20. The maximum Gasteiger partial charge on any atom is 0.260 e. The van der Waals surface area contributed by atoms with Gasteiger partial charge in [0.2, 0.25) is 0 Å². The number of H-pyrrole nitrogens is 1. The summed E-state index contributed by atoms with van der Waals surface area (Å²) in [5.74, 6) is -0.0959. The Morgan fingerprint density at radius 1 is 1.20 bits per heavy atom. The lowest BCUT2D eigenvalue weighted by atomic mass is 9.98. The number of hydrogen-bond acceptors (Lipinski definition) is 6. The highest BCUT2D eigenvalue weighted by Gasteiger charge is 2.30. The van der Waals surface area contributed by atoms with Crippen molar-refractivity contribution >= 4 is 28.3 Å². The Labute approximate surface area is 241 Å².